The third-order valence-corrected chi connectivity index (χ3v) is 16.0. The van der Waals surface area contributed by atoms with Gasteiger partial charge in [0.1, 0.15) is 24.2 Å². The molecule has 8 N–H and O–H groups in total. The molecule has 0 spiro atoms. The number of carbonyl (C=O) groups excluding carboxylic acids is 11. The first-order chi connectivity index (χ1) is 40.9. The SMILES string of the molecule is CC[C@H](C)[C@@H]([C@@H](CC(=O)N1CCC[C@H]1[C@H](OC)[C@@H](C)C(=O)N[C@@H](Cc1ccccc1)C(=O)OC)OC)N(C)C(=O)[C@@H](NC(=O)c1ccc(NC(=O)[C@H](CCCNC(N)=O)NC(=O)[C@@H](NC(=O)CCCCCN2C(=O)C=CC2=O)C(C)C)cc1)C(C)C. The van der Waals surface area contributed by atoms with Crippen molar-refractivity contribution in [1.29, 1.82) is 0 Å². The number of anilines is 1. The lowest BCUT2D eigenvalue weighted by molar-refractivity contribution is -0.148. The van der Waals surface area contributed by atoms with Crippen LogP contribution >= 0.6 is 0 Å². The number of likely N-dealkylation sites (N-methyl/N-ethyl adjacent to an activating group) is 1. The number of imide groups is 1. The first kappa shape index (κ1) is 70.8. The Morgan fingerprint density at radius 3 is 1.95 bits per heavy atom. The van der Waals surface area contributed by atoms with Crippen molar-refractivity contribution in [3.05, 3.63) is 77.9 Å². The molecule has 2 aromatic rings. The van der Waals surface area contributed by atoms with Crippen LogP contribution in [-0.2, 0) is 63.8 Å². The van der Waals surface area contributed by atoms with Crippen LogP contribution in [0.15, 0.2) is 66.7 Å². The van der Waals surface area contributed by atoms with E-state index < -0.39 is 108 Å². The monoisotopic (exact) mass is 1200 g/mol. The summed E-state index contributed by atoms with van der Waals surface area (Å²) in [6.07, 6.45) is 4.76. The third kappa shape index (κ3) is 20.8. The van der Waals surface area contributed by atoms with Crippen molar-refractivity contribution < 1.29 is 67.0 Å². The Morgan fingerprint density at radius 1 is 0.733 bits per heavy atom. The molecule has 0 aromatic heterocycles. The van der Waals surface area contributed by atoms with E-state index in [1.807, 2.05) is 44.2 Å². The quantitative estimate of drug-likeness (QED) is 0.0294. The lowest BCUT2D eigenvalue weighted by atomic mass is 9.89. The maximum atomic E-state index is 14.7. The Balaban J connectivity index is 1.41. The lowest BCUT2D eigenvalue weighted by Crippen LogP contribution is -2.58. The van der Waals surface area contributed by atoms with Gasteiger partial charge in [0.25, 0.3) is 17.7 Å². The zero-order valence-electron chi connectivity index (χ0n) is 51.8. The molecule has 24 heteroatoms. The van der Waals surface area contributed by atoms with Crippen molar-refractivity contribution in [2.24, 2.45) is 29.4 Å². The number of ether oxygens (including phenoxy) is 3. The summed E-state index contributed by atoms with van der Waals surface area (Å²) >= 11 is 0. The second-order valence-corrected chi connectivity index (χ2v) is 22.9. The fraction of sp³-hybridized carbons (Fsp3) is 0.597. The van der Waals surface area contributed by atoms with Crippen LogP contribution in [0, 0.1) is 23.7 Å². The number of esters is 1. The van der Waals surface area contributed by atoms with Gasteiger partial charge in [-0.25, -0.2) is 9.59 Å². The number of unbranched alkanes of at least 4 members (excludes halogenated alkanes) is 2. The smallest absolute Gasteiger partial charge is 0.328 e. The Labute approximate surface area is 505 Å². The van der Waals surface area contributed by atoms with Gasteiger partial charge in [-0.3, -0.25) is 48.1 Å². The molecule has 1 fully saturated rings. The van der Waals surface area contributed by atoms with Gasteiger partial charge in [-0.05, 0) is 86.1 Å². The molecule has 0 aliphatic carbocycles. The van der Waals surface area contributed by atoms with Crippen molar-refractivity contribution in [3.63, 3.8) is 0 Å². The molecule has 11 amide bonds. The Bertz CT molecular complexity index is 2650. The predicted octanol–water partition coefficient (Wildman–Crippen LogP) is 3.76. The molecule has 2 heterocycles. The normalized spacial score (nSPS) is 17.1. The van der Waals surface area contributed by atoms with E-state index in [0.717, 1.165) is 10.5 Å². The van der Waals surface area contributed by atoms with Crippen molar-refractivity contribution in [3.8, 4) is 0 Å². The minimum atomic E-state index is -1.14. The van der Waals surface area contributed by atoms with E-state index in [0.29, 0.717) is 45.1 Å². The molecule has 24 nitrogen and oxygen atoms in total. The van der Waals surface area contributed by atoms with Crippen molar-refractivity contribution in [2.45, 2.75) is 168 Å². The van der Waals surface area contributed by atoms with Gasteiger partial charge in [-0.1, -0.05) is 91.6 Å². The summed E-state index contributed by atoms with van der Waals surface area (Å²) < 4.78 is 17.0. The summed E-state index contributed by atoms with van der Waals surface area (Å²) in [6.45, 7) is 13.5. The highest BCUT2D eigenvalue weighted by molar-refractivity contribution is 6.12. The Hall–Kier alpha value is -7.73. The van der Waals surface area contributed by atoms with Crippen LogP contribution in [0.5, 0.6) is 0 Å². The summed E-state index contributed by atoms with van der Waals surface area (Å²) in [4.78, 5) is 150. The standard InChI is InChI=1S/C62H92N10O14/c1-12-39(6)54(47(84-9)36-51(76)71-34-20-24-46(71)55(85-10)40(7)56(77)67-45(61(82)86-11)35-41-21-15-13-16-22-41)70(8)60(81)53(38(4)5)69-57(78)42-26-28-43(29-27-42)65-58(79)44(23-19-32-64-62(63)83)66-59(80)52(37(2)3)68-48(73)25-17-14-18-33-72-49(74)30-31-50(72)75/h13,15-16,21-22,26-31,37-40,44-47,52-55H,12,14,17-20,23-25,32-36H2,1-11H3,(H,65,79)(H,66,80)(H,67,77)(H,68,73)(H,69,78)(H3,63,64,83)/t39-,40+,44-,45-,46-,47+,52-,53-,54-,55+/m0/s1. The summed E-state index contributed by atoms with van der Waals surface area (Å²) in [7, 11) is 5.87. The highest BCUT2D eigenvalue weighted by Crippen LogP contribution is 2.30. The Kier molecular flexibility index (Phi) is 28.8. The maximum Gasteiger partial charge on any atom is 0.328 e. The third-order valence-electron chi connectivity index (χ3n) is 16.0. The average molecular weight is 1200 g/mol. The van der Waals surface area contributed by atoms with E-state index in [1.54, 1.807) is 51.5 Å². The van der Waals surface area contributed by atoms with Gasteiger partial charge in [0.05, 0.1) is 43.7 Å². The number of hydrogen-bond acceptors (Lipinski definition) is 14. The molecule has 0 saturated carbocycles. The average Bonchev–Trinajstić information content (AvgIpc) is 2.50. The summed E-state index contributed by atoms with van der Waals surface area (Å²) in [6, 6.07) is 9.20. The molecular formula is C62H92N10O14. The zero-order valence-corrected chi connectivity index (χ0v) is 51.8. The first-order valence-corrected chi connectivity index (χ1v) is 29.8. The molecule has 474 valence electrons. The van der Waals surface area contributed by atoms with Gasteiger partial charge < -0.3 is 61.6 Å². The molecule has 86 heavy (non-hydrogen) atoms. The van der Waals surface area contributed by atoms with Gasteiger partial charge in [-0.2, -0.15) is 0 Å². The number of nitrogens with zero attached hydrogens (tertiary/aromatic N) is 3. The highest BCUT2D eigenvalue weighted by atomic mass is 16.5. The van der Waals surface area contributed by atoms with E-state index in [9.17, 15) is 52.7 Å². The van der Waals surface area contributed by atoms with Crippen LogP contribution in [0.3, 0.4) is 0 Å². The minimum Gasteiger partial charge on any atom is -0.467 e. The number of primary amides is 1. The fourth-order valence-electron chi connectivity index (χ4n) is 10.9. The lowest BCUT2D eigenvalue weighted by Gasteiger charge is -2.40. The number of benzene rings is 2. The number of carbonyl (C=O) groups is 11. The number of likely N-dealkylation sites (tertiary alicyclic amines) is 1. The molecule has 1 saturated heterocycles. The summed E-state index contributed by atoms with van der Waals surface area (Å²) in [5.41, 5.74) is 6.53. The summed E-state index contributed by atoms with van der Waals surface area (Å²) in [5.74, 6) is -6.35. The predicted molar refractivity (Wildman–Crippen MR) is 321 cm³/mol. The van der Waals surface area contributed by atoms with Crippen LogP contribution in [-0.4, -0.2) is 176 Å². The number of amides is 11. The molecule has 4 rings (SSSR count). The molecular weight excluding hydrogens is 1110 g/mol. The van der Waals surface area contributed by atoms with Gasteiger partial charge in [0, 0.05) is 77.1 Å². The van der Waals surface area contributed by atoms with E-state index in [-0.39, 0.29) is 86.0 Å². The molecule has 0 radical (unpaired) electrons. The second-order valence-electron chi connectivity index (χ2n) is 22.9. The fourth-order valence-corrected chi connectivity index (χ4v) is 10.9. The van der Waals surface area contributed by atoms with Crippen LogP contribution in [0.2, 0.25) is 0 Å². The minimum absolute atomic E-state index is 0.0694. The van der Waals surface area contributed by atoms with Gasteiger partial charge in [0.15, 0.2) is 0 Å². The number of urea groups is 1. The van der Waals surface area contributed by atoms with Gasteiger partial charge in [0.2, 0.25) is 35.4 Å². The zero-order chi connectivity index (χ0) is 63.8. The number of nitrogens with two attached hydrogens (primary N) is 1. The van der Waals surface area contributed by atoms with Gasteiger partial charge in [-0.15, -0.1) is 0 Å². The molecule has 2 aliphatic rings. The molecule has 2 aliphatic heterocycles. The summed E-state index contributed by atoms with van der Waals surface area (Å²) in [5, 5.41) is 16.5. The first-order valence-electron chi connectivity index (χ1n) is 29.8. The number of rotatable bonds is 35. The largest absolute Gasteiger partial charge is 0.467 e. The molecule has 2 aromatic carbocycles. The number of hydrogen-bond donors (Lipinski definition) is 7. The van der Waals surface area contributed by atoms with E-state index >= 15 is 0 Å². The van der Waals surface area contributed by atoms with Crippen molar-refractivity contribution >= 4 is 70.9 Å². The molecule has 10 atom stereocenters. The molecule has 0 unspecified atom stereocenters. The van der Waals surface area contributed by atoms with E-state index in [2.05, 4.69) is 31.9 Å². The number of methoxy groups -OCH3 is 3. The Morgan fingerprint density at radius 2 is 1.37 bits per heavy atom. The van der Waals surface area contributed by atoms with E-state index in [4.69, 9.17) is 19.9 Å². The topological polar surface area (TPSA) is 323 Å². The van der Waals surface area contributed by atoms with E-state index in [1.165, 1.54) is 57.7 Å². The van der Waals surface area contributed by atoms with Crippen LogP contribution in [0.4, 0.5) is 10.5 Å². The van der Waals surface area contributed by atoms with Crippen LogP contribution in [0.25, 0.3) is 0 Å². The van der Waals surface area contributed by atoms with Gasteiger partial charge >= 0.3 is 12.0 Å². The van der Waals surface area contributed by atoms with Crippen LogP contribution < -0.4 is 37.6 Å². The second kappa shape index (κ2) is 35.0. The highest BCUT2D eigenvalue weighted by Gasteiger charge is 2.43. The molecule has 0 bridgehead atoms. The van der Waals surface area contributed by atoms with Crippen LogP contribution in [0.1, 0.15) is 129 Å². The maximum absolute atomic E-state index is 14.7. The van der Waals surface area contributed by atoms with Crippen molar-refractivity contribution in [2.75, 3.05) is 53.3 Å². The number of nitrogens with one attached hydrogen (secondary N) is 6. The van der Waals surface area contributed by atoms with Crippen molar-refractivity contribution in [1.82, 2.24) is 41.3 Å².